The predicted octanol–water partition coefficient (Wildman–Crippen LogP) is 4.52. The van der Waals surface area contributed by atoms with E-state index in [2.05, 4.69) is 30.4 Å². The lowest BCUT2D eigenvalue weighted by Crippen LogP contribution is -2.66. The minimum Gasteiger partial charge on any atom is -0.368 e. The Kier molecular flexibility index (Phi) is 5.28. The minimum atomic E-state index is -2.52. The summed E-state index contributed by atoms with van der Waals surface area (Å²) >= 11 is 0. The van der Waals surface area contributed by atoms with Gasteiger partial charge in [-0.05, 0) is 43.3 Å². The van der Waals surface area contributed by atoms with Gasteiger partial charge in [0.25, 0.3) is 0 Å². The summed E-state index contributed by atoms with van der Waals surface area (Å²) in [5, 5.41) is 7.67. The average Bonchev–Trinajstić information content (AvgIpc) is 3.23. The van der Waals surface area contributed by atoms with Gasteiger partial charge >= 0.3 is 0 Å². The van der Waals surface area contributed by atoms with Crippen molar-refractivity contribution < 1.29 is 13.2 Å². The highest BCUT2D eigenvalue weighted by Gasteiger charge is 2.61. The molecule has 1 aliphatic heterocycles. The van der Waals surface area contributed by atoms with E-state index in [1.165, 1.54) is 12.3 Å². The number of aromatic nitrogens is 6. The molecule has 0 amide bonds. The fraction of sp³-hybridized carbons (Fsp3) is 0.320. The van der Waals surface area contributed by atoms with Crippen LogP contribution in [0.25, 0.3) is 22.6 Å². The maximum Gasteiger partial charge on any atom is 0.249 e. The molecule has 1 aliphatic carbocycles. The number of nitrogens with one attached hydrogen (secondary N) is 1. The zero-order chi connectivity index (χ0) is 25.8. The zero-order valence-electron chi connectivity index (χ0n) is 20.0. The van der Waals surface area contributed by atoms with Gasteiger partial charge in [0.2, 0.25) is 17.8 Å². The van der Waals surface area contributed by atoms with Gasteiger partial charge in [0.1, 0.15) is 11.6 Å². The third kappa shape index (κ3) is 4.32. The first-order chi connectivity index (χ1) is 17.7. The number of halogens is 3. The summed E-state index contributed by atoms with van der Waals surface area (Å²) in [6, 6.07) is 10.00. The van der Waals surface area contributed by atoms with Gasteiger partial charge in [-0.25, -0.2) is 32.8 Å². The van der Waals surface area contributed by atoms with Crippen molar-refractivity contribution in [2.45, 2.75) is 32.2 Å². The van der Waals surface area contributed by atoms with E-state index in [1.807, 2.05) is 24.0 Å². The van der Waals surface area contributed by atoms with Crippen molar-refractivity contribution in [1.82, 2.24) is 29.7 Å². The van der Waals surface area contributed by atoms with Crippen molar-refractivity contribution in [2.75, 3.05) is 29.0 Å². The highest BCUT2D eigenvalue weighted by molar-refractivity contribution is 5.66. The Morgan fingerprint density at radius 3 is 2.51 bits per heavy atom. The van der Waals surface area contributed by atoms with Crippen molar-refractivity contribution in [3.05, 3.63) is 54.6 Å². The van der Waals surface area contributed by atoms with Gasteiger partial charge in [-0.1, -0.05) is 0 Å². The lowest BCUT2D eigenvalue weighted by molar-refractivity contribution is -0.170. The van der Waals surface area contributed by atoms with Crippen LogP contribution in [0.4, 0.5) is 36.6 Å². The van der Waals surface area contributed by atoms with Gasteiger partial charge in [0.15, 0.2) is 5.82 Å². The Morgan fingerprint density at radius 1 is 1.05 bits per heavy atom. The molecule has 9 nitrogen and oxygen atoms in total. The number of hydrogen-bond acceptors (Lipinski definition) is 8. The van der Waals surface area contributed by atoms with Crippen molar-refractivity contribution in [2.24, 2.45) is 5.41 Å². The van der Waals surface area contributed by atoms with E-state index in [0.717, 1.165) is 5.82 Å². The number of pyridine rings is 1. The Labute approximate surface area is 210 Å². The molecule has 0 radical (unpaired) electrons. The second-order valence-electron chi connectivity index (χ2n) is 9.67. The van der Waals surface area contributed by atoms with E-state index in [-0.39, 0.29) is 24.2 Å². The maximum atomic E-state index is 14.8. The summed E-state index contributed by atoms with van der Waals surface area (Å²) in [5.74, 6) is -1.24. The Hall–Kier alpha value is -4.22. The van der Waals surface area contributed by atoms with Crippen LogP contribution >= 0.6 is 0 Å². The third-order valence-electron chi connectivity index (χ3n) is 6.80. The quantitative estimate of drug-likeness (QED) is 0.392. The van der Waals surface area contributed by atoms with Gasteiger partial charge in [0.05, 0.1) is 5.69 Å². The molecule has 4 aromatic rings. The van der Waals surface area contributed by atoms with Gasteiger partial charge in [-0.2, -0.15) is 4.98 Å². The first-order valence-corrected chi connectivity index (χ1v) is 11.9. The first kappa shape index (κ1) is 23.2. The highest BCUT2D eigenvalue weighted by atomic mass is 19.3. The summed E-state index contributed by atoms with van der Waals surface area (Å²) in [7, 11) is 0. The average molecular weight is 508 g/mol. The SMILES string of the molecule is CCn1nc(-c2ccc(N3CC4(C3)CC(F)(F)C4)nc2)nc1Nc1ccc(-c2ccnc(N)n2)c(F)c1. The number of alkyl halides is 2. The van der Waals surface area contributed by atoms with E-state index in [4.69, 9.17) is 5.73 Å². The lowest BCUT2D eigenvalue weighted by atomic mass is 9.61. The molecule has 0 unspecified atom stereocenters. The number of rotatable bonds is 6. The van der Waals surface area contributed by atoms with E-state index in [0.29, 0.717) is 53.9 Å². The molecule has 37 heavy (non-hydrogen) atoms. The molecule has 1 saturated heterocycles. The van der Waals surface area contributed by atoms with E-state index >= 15 is 0 Å². The second kappa shape index (κ2) is 8.43. The number of nitrogens with zero attached hydrogens (tertiary/aromatic N) is 7. The van der Waals surface area contributed by atoms with Crippen LogP contribution in [0.3, 0.4) is 0 Å². The number of aryl methyl sites for hydroxylation is 1. The monoisotopic (exact) mass is 507 g/mol. The summed E-state index contributed by atoms with van der Waals surface area (Å²) in [6.07, 6.45) is 3.08. The lowest BCUT2D eigenvalue weighted by Gasteiger charge is -2.59. The first-order valence-electron chi connectivity index (χ1n) is 11.9. The molecule has 12 heteroatoms. The van der Waals surface area contributed by atoms with Gasteiger partial charge in [-0.15, -0.1) is 5.10 Å². The highest BCUT2D eigenvalue weighted by Crippen LogP contribution is 2.57. The topological polar surface area (TPSA) is 111 Å². The van der Waals surface area contributed by atoms with Crippen LogP contribution < -0.4 is 16.0 Å². The van der Waals surface area contributed by atoms with Crippen molar-refractivity contribution in [1.29, 1.82) is 0 Å². The Balaban J connectivity index is 1.16. The molecule has 6 rings (SSSR count). The standard InChI is InChI=1S/C25H24F3N9/c1-2-37-23(32-16-4-5-17(18(26)9-16)19-7-8-30-22(29)33-19)34-21(35-37)15-3-6-20(31-10-15)36-13-24(14-36)11-25(27,28)12-24/h3-10H,2,11-14H2,1H3,(H2,29,30,33)(H,32,34,35). The fourth-order valence-electron chi connectivity index (χ4n) is 5.13. The molecule has 4 heterocycles. The molecule has 2 aliphatic rings. The molecule has 190 valence electrons. The van der Waals surface area contributed by atoms with Crippen LogP contribution in [0.5, 0.6) is 0 Å². The molecular weight excluding hydrogens is 483 g/mol. The molecule has 1 saturated carbocycles. The van der Waals surface area contributed by atoms with Crippen LogP contribution in [0, 0.1) is 11.2 Å². The van der Waals surface area contributed by atoms with Crippen LogP contribution in [0.15, 0.2) is 48.8 Å². The Morgan fingerprint density at radius 2 is 1.86 bits per heavy atom. The van der Waals surface area contributed by atoms with Gasteiger partial charge in [-0.3, -0.25) is 0 Å². The van der Waals surface area contributed by atoms with Crippen LogP contribution in [-0.2, 0) is 6.54 Å². The van der Waals surface area contributed by atoms with Crippen molar-refractivity contribution in [3.8, 4) is 22.6 Å². The number of anilines is 4. The molecular formula is C25H24F3N9. The largest absolute Gasteiger partial charge is 0.368 e. The molecule has 0 atom stereocenters. The normalized spacial score (nSPS) is 17.4. The Bertz CT molecular complexity index is 1450. The third-order valence-corrected chi connectivity index (χ3v) is 6.80. The van der Waals surface area contributed by atoms with E-state index in [1.54, 1.807) is 29.1 Å². The molecule has 3 N–H and O–H groups in total. The maximum absolute atomic E-state index is 14.8. The molecule has 2 fully saturated rings. The smallest absolute Gasteiger partial charge is 0.249 e. The predicted molar refractivity (Wildman–Crippen MR) is 133 cm³/mol. The number of hydrogen-bond donors (Lipinski definition) is 2. The molecule has 3 aromatic heterocycles. The van der Waals surface area contributed by atoms with E-state index < -0.39 is 11.7 Å². The number of nitrogen functional groups attached to an aromatic ring is 1. The van der Waals surface area contributed by atoms with Crippen LogP contribution in [-0.4, -0.2) is 48.7 Å². The summed E-state index contributed by atoms with van der Waals surface area (Å²) in [5.41, 5.74) is 7.27. The summed E-state index contributed by atoms with van der Waals surface area (Å²) in [6.45, 7) is 3.68. The fourth-order valence-corrected chi connectivity index (χ4v) is 5.13. The molecule has 1 spiro atoms. The van der Waals surface area contributed by atoms with Crippen molar-refractivity contribution in [3.63, 3.8) is 0 Å². The molecule has 1 aromatic carbocycles. The minimum absolute atomic E-state index is 0.0371. The van der Waals surface area contributed by atoms with Crippen LogP contribution in [0.1, 0.15) is 19.8 Å². The summed E-state index contributed by atoms with van der Waals surface area (Å²) < 4.78 is 43.0. The summed E-state index contributed by atoms with van der Waals surface area (Å²) in [4.78, 5) is 19.0. The number of nitrogens with two attached hydrogens (primary N) is 1. The zero-order valence-corrected chi connectivity index (χ0v) is 20.0. The second-order valence-corrected chi connectivity index (χ2v) is 9.67. The van der Waals surface area contributed by atoms with Gasteiger partial charge < -0.3 is 16.0 Å². The number of benzene rings is 1. The van der Waals surface area contributed by atoms with Gasteiger partial charge in [0, 0.05) is 67.1 Å². The van der Waals surface area contributed by atoms with E-state index in [9.17, 15) is 13.2 Å². The van der Waals surface area contributed by atoms with Crippen LogP contribution in [0.2, 0.25) is 0 Å². The molecule has 0 bridgehead atoms. The van der Waals surface area contributed by atoms with Crippen molar-refractivity contribution >= 4 is 23.4 Å².